The molecule has 0 spiro atoms. The van der Waals surface area contributed by atoms with E-state index >= 15 is 0 Å². The molecule has 4 rings (SSSR count). The number of benzene rings is 2. The quantitative estimate of drug-likeness (QED) is 0.508. The van der Waals surface area contributed by atoms with Crippen LogP contribution in [0.5, 0.6) is 0 Å². The summed E-state index contributed by atoms with van der Waals surface area (Å²) in [6, 6.07) is 16.8. The normalized spacial score (nSPS) is 12.9. The number of hydrogen-bond donors (Lipinski definition) is 2. The maximum absolute atomic E-state index is 12.6. The van der Waals surface area contributed by atoms with E-state index in [1.165, 1.54) is 0 Å². The average molecular weight is 445 g/mol. The number of carbonyl (C=O) groups excluding carboxylic acids is 2. The summed E-state index contributed by atoms with van der Waals surface area (Å²) in [5.41, 5.74) is 3.63. The first-order valence-electron chi connectivity index (χ1n) is 10.3. The lowest BCUT2D eigenvalue weighted by Gasteiger charge is -2.08. The van der Waals surface area contributed by atoms with Crippen molar-refractivity contribution in [1.29, 1.82) is 0 Å². The molecular weight excluding hydrogens is 420 g/mol. The summed E-state index contributed by atoms with van der Waals surface area (Å²) in [6.45, 7) is 0. The van der Waals surface area contributed by atoms with Gasteiger partial charge in [-0.1, -0.05) is 36.4 Å². The second-order valence-corrected chi connectivity index (χ2v) is 8.27. The Morgan fingerprint density at radius 3 is 2.53 bits per heavy atom. The molecule has 0 bridgehead atoms. The molecule has 7 heteroatoms. The third kappa shape index (κ3) is 5.00. The lowest BCUT2D eigenvalue weighted by Crippen LogP contribution is -2.14. The molecular formula is C25H24N4O2S. The molecule has 0 radical (unpaired) electrons. The van der Waals surface area contributed by atoms with Gasteiger partial charge in [-0.3, -0.25) is 14.3 Å². The zero-order chi connectivity index (χ0) is 22.5. The Balaban J connectivity index is 1.45. The van der Waals surface area contributed by atoms with Crippen LogP contribution in [0, 0.1) is 0 Å². The Kier molecular flexibility index (Phi) is 6.56. The second kappa shape index (κ2) is 9.70. The number of carbonyl (C=O) groups is 2. The number of anilines is 2. The topological polar surface area (TPSA) is 76.0 Å². The molecule has 162 valence electrons. The minimum Gasteiger partial charge on any atom is -0.322 e. The van der Waals surface area contributed by atoms with E-state index in [9.17, 15) is 9.59 Å². The van der Waals surface area contributed by atoms with Crippen molar-refractivity contribution >= 4 is 35.1 Å². The van der Waals surface area contributed by atoms with Gasteiger partial charge in [-0.05, 0) is 49.4 Å². The van der Waals surface area contributed by atoms with Crippen LogP contribution in [0.1, 0.15) is 23.2 Å². The Bertz CT molecular complexity index is 1210. The van der Waals surface area contributed by atoms with Crippen LogP contribution < -0.4 is 10.6 Å². The summed E-state index contributed by atoms with van der Waals surface area (Å²) in [5, 5.41) is 10.4. The summed E-state index contributed by atoms with van der Waals surface area (Å²) >= 11 is 1.59. The van der Waals surface area contributed by atoms with Crippen molar-refractivity contribution in [1.82, 2.24) is 9.78 Å². The van der Waals surface area contributed by atoms with Crippen molar-refractivity contribution < 1.29 is 9.59 Å². The van der Waals surface area contributed by atoms with Gasteiger partial charge in [-0.2, -0.15) is 5.10 Å². The van der Waals surface area contributed by atoms with Crippen molar-refractivity contribution in [2.45, 2.75) is 17.7 Å². The molecule has 1 aromatic heterocycles. The fourth-order valence-electron chi connectivity index (χ4n) is 3.39. The third-order valence-corrected chi connectivity index (χ3v) is 5.87. The van der Waals surface area contributed by atoms with Gasteiger partial charge in [0.05, 0.1) is 5.69 Å². The van der Waals surface area contributed by atoms with Crippen molar-refractivity contribution in [3.63, 3.8) is 0 Å². The highest BCUT2D eigenvalue weighted by molar-refractivity contribution is 7.98. The average Bonchev–Trinajstić information content (AvgIpc) is 3.20. The first-order chi connectivity index (χ1) is 15.5. The fourth-order valence-corrected chi connectivity index (χ4v) is 3.85. The van der Waals surface area contributed by atoms with Crippen LogP contribution >= 0.6 is 11.8 Å². The summed E-state index contributed by atoms with van der Waals surface area (Å²) in [6.07, 6.45) is 9.65. The van der Waals surface area contributed by atoms with Crippen molar-refractivity contribution in [2.75, 3.05) is 16.9 Å². The zero-order valence-corrected chi connectivity index (χ0v) is 18.8. The van der Waals surface area contributed by atoms with E-state index in [0.717, 1.165) is 34.7 Å². The minimum atomic E-state index is -0.181. The minimum absolute atomic E-state index is 0.109. The van der Waals surface area contributed by atoms with Gasteiger partial charge in [0.2, 0.25) is 0 Å². The third-order valence-electron chi connectivity index (χ3n) is 5.15. The number of hydrogen-bond acceptors (Lipinski definition) is 4. The van der Waals surface area contributed by atoms with E-state index in [1.54, 1.807) is 29.6 Å². The summed E-state index contributed by atoms with van der Waals surface area (Å²) in [5.74, 6) is 0.314. The van der Waals surface area contributed by atoms with E-state index in [0.29, 0.717) is 17.0 Å². The summed E-state index contributed by atoms with van der Waals surface area (Å²) < 4.78 is 1.64. The number of amides is 2. The molecule has 0 saturated heterocycles. The first-order valence-corrected chi connectivity index (χ1v) is 11.5. The molecule has 2 aromatic carbocycles. The maximum atomic E-state index is 12.6. The molecule has 3 aromatic rings. The van der Waals surface area contributed by atoms with Crippen molar-refractivity contribution in [3.8, 4) is 11.3 Å². The van der Waals surface area contributed by atoms with Crippen LogP contribution in [0.2, 0.25) is 0 Å². The van der Waals surface area contributed by atoms with Gasteiger partial charge in [-0.15, -0.1) is 11.8 Å². The molecule has 2 amide bonds. The molecule has 6 nitrogen and oxygen atoms in total. The predicted molar refractivity (Wildman–Crippen MR) is 130 cm³/mol. The Labute approximate surface area is 191 Å². The largest absolute Gasteiger partial charge is 0.322 e. The molecule has 0 atom stereocenters. The Morgan fingerprint density at radius 2 is 1.81 bits per heavy atom. The molecule has 0 fully saturated rings. The van der Waals surface area contributed by atoms with Gasteiger partial charge in [0.15, 0.2) is 0 Å². The highest BCUT2D eigenvalue weighted by Crippen LogP contribution is 2.24. The lowest BCUT2D eigenvalue weighted by molar-refractivity contribution is -0.112. The zero-order valence-electron chi connectivity index (χ0n) is 18.0. The first kappa shape index (κ1) is 21.6. The molecule has 0 unspecified atom stereocenters. The molecule has 1 aliphatic rings. The molecule has 1 aliphatic carbocycles. The van der Waals surface area contributed by atoms with Crippen LogP contribution in [0.3, 0.4) is 0 Å². The summed E-state index contributed by atoms with van der Waals surface area (Å²) in [7, 11) is 1.79. The molecule has 0 saturated carbocycles. The van der Waals surface area contributed by atoms with Crippen LogP contribution in [0.15, 0.2) is 83.3 Å². The van der Waals surface area contributed by atoms with E-state index < -0.39 is 0 Å². The fraction of sp³-hybridized carbons (Fsp3) is 0.160. The van der Waals surface area contributed by atoms with Gasteiger partial charge < -0.3 is 10.6 Å². The highest BCUT2D eigenvalue weighted by Gasteiger charge is 2.13. The standard InChI is InChI=1S/C25H24N4O2S/c1-29-23(27-25(31)19-9-6-10-21(15-19)32-2)16-22(28-29)17-11-13-20(14-12-17)26-24(30)18-7-4-3-5-8-18/h4,6-16H,3,5H2,1-2H3,(H,26,30)(H,27,31). The molecule has 32 heavy (non-hydrogen) atoms. The van der Waals surface area contributed by atoms with Gasteiger partial charge in [0, 0.05) is 40.4 Å². The molecule has 1 heterocycles. The monoisotopic (exact) mass is 444 g/mol. The Hall–Kier alpha value is -3.58. The smallest absolute Gasteiger partial charge is 0.256 e. The number of allylic oxidation sites excluding steroid dienone is 2. The molecule has 0 aliphatic heterocycles. The van der Waals surface area contributed by atoms with Gasteiger partial charge >= 0.3 is 0 Å². The number of nitrogens with one attached hydrogen (secondary N) is 2. The number of aryl methyl sites for hydroxylation is 1. The van der Waals surface area contributed by atoms with E-state index in [4.69, 9.17) is 0 Å². The predicted octanol–water partition coefficient (Wildman–Crippen LogP) is 5.28. The number of aromatic nitrogens is 2. The van der Waals surface area contributed by atoms with Crippen LogP contribution in [-0.2, 0) is 11.8 Å². The highest BCUT2D eigenvalue weighted by atomic mass is 32.2. The summed E-state index contributed by atoms with van der Waals surface area (Å²) in [4.78, 5) is 26.0. The molecule has 2 N–H and O–H groups in total. The van der Waals surface area contributed by atoms with Gasteiger partial charge in [-0.25, -0.2) is 0 Å². The van der Waals surface area contributed by atoms with Crippen molar-refractivity contribution in [2.24, 2.45) is 7.05 Å². The Morgan fingerprint density at radius 1 is 1.00 bits per heavy atom. The van der Waals surface area contributed by atoms with Gasteiger partial charge in [0.25, 0.3) is 11.8 Å². The second-order valence-electron chi connectivity index (χ2n) is 7.40. The van der Waals surface area contributed by atoms with E-state index in [-0.39, 0.29) is 11.8 Å². The van der Waals surface area contributed by atoms with E-state index in [2.05, 4.69) is 15.7 Å². The van der Waals surface area contributed by atoms with Crippen molar-refractivity contribution in [3.05, 3.63) is 84.0 Å². The van der Waals surface area contributed by atoms with E-state index in [1.807, 2.05) is 73.0 Å². The SMILES string of the molecule is CSc1cccc(C(=O)Nc2cc(-c3ccc(NC(=O)C4=CCCC=C4)cc3)nn2C)c1. The number of thioether (sulfide) groups is 1. The van der Waals surface area contributed by atoms with Crippen LogP contribution in [0.4, 0.5) is 11.5 Å². The number of rotatable bonds is 6. The van der Waals surface area contributed by atoms with Crippen LogP contribution in [0.25, 0.3) is 11.3 Å². The van der Waals surface area contributed by atoms with Crippen LogP contribution in [-0.4, -0.2) is 27.9 Å². The maximum Gasteiger partial charge on any atom is 0.256 e. The lowest BCUT2D eigenvalue weighted by atomic mass is 10.1. The van der Waals surface area contributed by atoms with Gasteiger partial charge in [0.1, 0.15) is 5.82 Å². The number of nitrogens with zero attached hydrogens (tertiary/aromatic N) is 2.